The van der Waals surface area contributed by atoms with Crippen LogP contribution in [-0.2, 0) is 6.42 Å². The summed E-state index contributed by atoms with van der Waals surface area (Å²) in [4.78, 5) is 12.2. The van der Waals surface area contributed by atoms with Gasteiger partial charge in [-0.15, -0.1) is 0 Å². The van der Waals surface area contributed by atoms with Gasteiger partial charge in [-0.1, -0.05) is 5.16 Å². The molecule has 0 aliphatic carbocycles. The quantitative estimate of drug-likeness (QED) is 0.494. The van der Waals surface area contributed by atoms with E-state index in [0.717, 1.165) is 0 Å². The molecule has 0 saturated carbocycles. The molecule has 17 heavy (non-hydrogen) atoms. The van der Waals surface area contributed by atoms with Crippen LogP contribution in [0.1, 0.15) is 11.6 Å². The maximum Gasteiger partial charge on any atom is 0.213 e. The molecule has 8 heteroatoms. The highest BCUT2D eigenvalue weighted by molar-refractivity contribution is 5.46. The number of nitrogens with zero attached hydrogens (tertiary/aromatic N) is 4. The summed E-state index contributed by atoms with van der Waals surface area (Å²) < 4.78 is 4.63. The van der Waals surface area contributed by atoms with E-state index in [0.29, 0.717) is 36.3 Å². The van der Waals surface area contributed by atoms with E-state index in [1.165, 1.54) is 6.39 Å². The van der Waals surface area contributed by atoms with Crippen LogP contribution in [0.3, 0.4) is 0 Å². The van der Waals surface area contributed by atoms with Crippen LogP contribution < -0.4 is 16.6 Å². The second-order valence-electron chi connectivity index (χ2n) is 3.35. The first-order valence-electron chi connectivity index (χ1n) is 5.09. The normalized spacial score (nSPS) is 10.2. The van der Waals surface area contributed by atoms with Crippen molar-refractivity contribution in [2.45, 2.75) is 13.3 Å². The smallest absolute Gasteiger partial charge is 0.213 e. The van der Waals surface area contributed by atoms with Crippen molar-refractivity contribution in [3.63, 3.8) is 0 Å². The van der Waals surface area contributed by atoms with Crippen LogP contribution in [0.15, 0.2) is 17.0 Å². The predicted octanol–water partition coefficient (Wildman–Crippen LogP) is 0.108. The van der Waals surface area contributed by atoms with E-state index >= 15 is 0 Å². The van der Waals surface area contributed by atoms with E-state index in [1.807, 2.05) is 0 Å². The molecule has 0 atom stereocenters. The van der Waals surface area contributed by atoms with Gasteiger partial charge in [0.25, 0.3) is 0 Å². The van der Waals surface area contributed by atoms with Crippen LogP contribution in [0.5, 0.6) is 0 Å². The van der Waals surface area contributed by atoms with Crippen molar-refractivity contribution < 1.29 is 4.52 Å². The SMILES string of the molecule is Cc1nc(NN)cc(NCCc2ncon2)n1. The number of hydrazine groups is 1. The highest BCUT2D eigenvalue weighted by atomic mass is 16.5. The summed E-state index contributed by atoms with van der Waals surface area (Å²) in [6, 6.07) is 1.73. The van der Waals surface area contributed by atoms with E-state index in [1.54, 1.807) is 13.0 Å². The molecule has 2 heterocycles. The topological polar surface area (TPSA) is 115 Å². The average Bonchev–Trinajstić information content (AvgIpc) is 2.81. The first-order chi connectivity index (χ1) is 8.28. The Balaban J connectivity index is 1.92. The number of hydrogen-bond acceptors (Lipinski definition) is 8. The third kappa shape index (κ3) is 3.11. The lowest BCUT2D eigenvalue weighted by Crippen LogP contribution is -2.12. The summed E-state index contributed by atoms with van der Waals surface area (Å²) in [5, 5.41) is 6.84. The van der Waals surface area contributed by atoms with Crippen LogP contribution in [-0.4, -0.2) is 26.7 Å². The number of nitrogens with one attached hydrogen (secondary N) is 2. The third-order valence-corrected chi connectivity index (χ3v) is 2.05. The highest BCUT2D eigenvalue weighted by Gasteiger charge is 2.02. The Kier molecular flexibility index (Phi) is 3.46. The molecule has 0 spiro atoms. The van der Waals surface area contributed by atoms with Crippen LogP contribution in [0.4, 0.5) is 11.6 Å². The molecule has 8 nitrogen and oxygen atoms in total. The maximum atomic E-state index is 5.29. The van der Waals surface area contributed by atoms with Crippen molar-refractivity contribution in [3.8, 4) is 0 Å². The van der Waals surface area contributed by atoms with Crippen molar-refractivity contribution in [2.75, 3.05) is 17.3 Å². The number of hydrogen-bond donors (Lipinski definition) is 3. The Labute approximate surface area is 97.6 Å². The van der Waals surface area contributed by atoms with E-state index in [-0.39, 0.29) is 0 Å². The van der Waals surface area contributed by atoms with Gasteiger partial charge in [-0.2, -0.15) is 4.98 Å². The Morgan fingerprint density at radius 1 is 1.35 bits per heavy atom. The number of rotatable bonds is 5. The first-order valence-corrected chi connectivity index (χ1v) is 5.09. The summed E-state index contributed by atoms with van der Waals surface area (Å²) in [5.41, 5.74) is 2.48. The van der Waals surface area contributed by atoms with E-state index in [2.05, 4.69) is 35.4 Å². The van der Waals surface area contributed by atoms with Crippen molar-refractivity contribution in [3.05, 3.63) is 24.1 Å². The molecule has 0 unspecified atom stereocenters. The fourth-order valence-corrected chi connectivity index (χ4v) is 1.34. The summed E-state index contributed by atoms with van der Waals surface area (Å²) in [5.74, 6) is 7.86. The molecule has 2 aromatic heterocycles. The Morgan fingerprint density at radius 2 is 2.18 bits per heavy atom. The van der Waals surface area contributed by atoms with E-state index in [4.69, 9.17) is 5.84 Å². The lowest BCUT2D eigenvalue weighted by molar-refractivity contribution is 0.410. The molecule has 0 bridgehead atoms. The second-order valence-corrected chi connectivity index (χ2v) is 3.35. The van der Waals surface area contributed by atoms with Gasteiger partial charge in [0.2, 0.25) is 6.39 Å². The van der Waals surface area contributed by atoms with Gasteiger partial charge >= 0.3 is 0 Å². The van der Waals surface area contributed by atoms with Gasteiger partial charge < -0.3 is 15.3 Å². The highest BCUT2D eigenvalue weighted by Crippen LogP contribution is 2.09. The fourth-order valence-electron chi connectivity index (χ4n) is 1.34. The lowest BCUT2D eigenvalue weighted by atomic mass is 10.4. The van der Waals surface area contributed by atoms with Crippen molar-refractivity contribution in [1.29, 1.82) is 0 Å². The van der Waals surface area contributed by atoms with Gasteiger partial charge in [0.05, 0.1) is 0 Å². The average molecular weight is 235 g/mol. The molecule has 0 amide bonds. The Bertz CT molecular complexity index is 470. The van der Waals surface area contributed by atoms with Gasteiger partial charge in [-0.25, -0.2) is 15.8 Å². The summed E-state index contributed by atoms with van der Waals surface area (Å²) in [7, 11) is 0. The number of aromatic nitrogens is 4. The van der Waals surface area contributed by atoms with E-state index in [9.17, 15) is 0 Å². The zero-order chi connectivity index (χ0) is 12.1. The van der Waals surface area contributed by atoms with E-state index < -0.39 is 0 Å². The maximum absolute atomic E-state index is 5.29. The molecule has 90 valence electrons. The molecule has 0 aliphatic heterocycles. The third-order valence-electron chi connectivity index (χ3n) is 2.05. The summed E-state index contributed by atoms with van der Waals surface area (Å²) >= 11 is 0. The van der Waals surface area contributed by atoms with Gasteiger partial charge in [0.15, 0.2) is 5.82 Å². The number of nitrogen functional groups attached to an aromatic ring is 1. The zero-order valence-electron chi connectivity index (χ0n) is 9.34. The van der Waals surface area contributed by atoms with Gasteiger partial charge in [-0.3, -0.25) is 0 Å². The molecule has 0 aliphatic rings. The monoisotopic (exact) mass is 235 g/mol. The summed E-state index contributed by atoms with van der Waals surface area (Å²) in [6.07, 6.45) is 1.96. The zero-order valence-corrected chi connectivity index (χ0v) is 9.34. The van der Waals surface area contributed by atoms with Crippen LogP contribution >= 0.6 is 0 Å². The van der Waals surface area contributed by atoms with Crippen LogP contribution in [0.25, 0.3) is 0 Å². The van der Waals surface area contributed by atoms with Gasteiger partial charge in [0, 0.05) is 19.0 Å². The van der Waals surface area contributed by atoms with Crippen molar-refractivity contribution >= 4 is 11.6 Å². The number of nitrogens with two attached hydrogens (primary N) is 1. The fraction of sp³-hybridized carbons (Fsp3) is 0.333. The predicted molar refractivity (Wildman–Crippen MR) is 61.1 cm³/mol. The first kappa shape index (κ1) is 11.3. The molecule has 0 fully saturated rings. The second kappa shape index (κ2) is 5.21. The molecule has 4 N–H and O–H groups in total. The number of anilines is 2. The summed E-state index contributed by atoms with van der Waals surface area (Å²) in [6.45, 7) is 2.45. The molecule has 2 aromatic rings. The number of aryl methyl sites for hydroxylation is 1. The largest absolute Gasteiger partial charge is 0.369 e. The Morgan fingerprint density at radius 3 is 2.88 bits per heavy atom. The van der Waals surface area contributed by atoms with Crippen LogP contribution in [0.2, 0.25) is 0 Å². The van der Waals surface area contributed by atoms with Crippen LogP contribution in [0, 0.1) is 6.92 Å². The molecule has 0 aromatic carbocycles. The lowest BCUT2D eigenvalue weighted by Gasteiger charge is -2.06. The Hall–Kier alpha value is -2.22. The minimum Gasteiger partial charge on any atom is -0.369 e. The molecule has 0 radical (unpaired) electrons. The molecular weight excluding hydrogens is 222 g/mol. The standard InChI is InChI=1S/C9H13N7O/c1-6-13-8(4-9(14-6)15-10)11-3-2-7-12-5-17-16-7/h4-5H,2-3,10H2,1H3,(H2,11,13,14,15). The molecule has 2 rings (SSSR count). The van der Waals surface area contributed by atoms with Crippen molar-refractivity contribution in [1.82, 2.24) is 20.1 Å². The minimum absolute atomic E-state index is 0.569. The molecule has 0 saturated heterocycles. The van der Waals surface area contributed by atoms with Crippen molar-refractivity contribution in [2.24, 2.45) is 5.84 Å². The molecular formula is C9H13N7O. The van der Waals surface area contributed by atoms with Gasteiger partial charge in [-0.05, 0) is 6.92 Å². The minimum atomic E-state index is 0.569. The van der Waals surface area contributed by atoms with Gasteiger partial charge in [0.1, 0.15) is 17.5 Å².